The molecule has 1 atom stereocenters. The molecule has 0 radical (unpaired) electrons. The fourth-order valence-corrected chi connectivity index (χ4v) is 5.77. The lowest BCUT2D eigenvalue weighted by molar-refractivity contribution is -0.130. The van der Waals surface area contributed by atoms with Gasteiger partial charge in [0.05, 0.1) is 0 Å². The average molecular weight is 653 g/mol. The van der Waals surface area contributed by atoms with E-state index in [0.717, 1.165) is 46.3 Å². The smallest absolute Gasteiger partial charge is 0.407 e. The van der Waals surface area contributed by atoms with Gasteiger partial charge in [-0.1, -0.05) is 36.4 Å². The van der Waals surface area contributed by atoms with E-state index in [1.807, 2.05) is 70.2 Å². The van der Waals surface area contributed by atoms with Crippen molar-refractivity contribution in [1.29, 1.82) is 0 Å². The normalized spacial score (nSPS) is 16.8. The lowest BCUT2D eigenvalue weighted by atomic mass is 9.81. The number of nitrogens with two attached hydrogens (primary N) is 1. The van der Waals surface area contributed by atoms with Crippen LogP contribution in [0.15, 0.2) is 66.7 Å². The van der Waals surface area contributed by atoms with E-state index < -0.39 is 17.7 Å². The molecule has 1 aliphatic rings. The van der Waals surface area contributed by atoms with Gasteiger partial charge in [0, 0.05) is 35.8 Å². The van der Waals surface area contributed by atoms with Crippen molar-refractivity contribution in [1.82, 2.24) is 31.3 Å². The van der Waals surface area contributed by atoms with Gasteiger partial charge in [-0.25, -0.2) is 4.79 Å². The van der Waals surface area contributed by atoms with Crippen LogP contribution < -0.4 is 21.7 Å². The Hall–Kier alpha value is -5.26. The van der Waals surface area contributed by atoms with E-state index in [4.69, 9.17) is 10.5 Å². The summed E-state index contributed by atoms with van der Waals surface area (Å²) in [5, 5.41) is 22.8. The summed E-state index contributed by atoms with van der Waals surface area (Å²) in [5.74, 6) is 0.0273. The first-order valence-electron chi connectivity index (χ1n) is 16.3. The maximum atomic E-state index is 13.7. The summed E-state index contributed by atoms with van der Waals surface area (Å²) >= 11 is 0. The Balaban J connectivity index is 1.23. The zero-order chi connectivity index (χ0) is 34.3. The van der Waals surface area contributed by atoms with E-state index in [1.54, 1.807) is 24.3 Å². The molecule has 1 aliphatic carbocycles. The molecule has 3 amide bonds. The lowest BCUT2D eigenvalue weighted by Gasteiger charge is -2.29. The number of rotatable bonds is 10. The van der Waals surface area contributed by atoms with E-state index in [2.05, 4.69) is 36.6 Å². The highest BCUT2D eigenvalue weighted by atomic mass is 16.6. The zero-order valence-electron chi connectivity index (χ0n) is 27.9. The number of ether oxygens (including phenoxy) is 1. The zero-order valence-corrected chi connectivity index (χ0v) is 27.9. The number of nitrogens with one attached hydrogen (secondary N) is 4. The number of benzene rings is 3. The van der Waals surface area contributed by atoms with E-state index in [1.165, 1.54) is 0 Å². The van der Waals surface area contributed by atoms with Gasteiger partial charge in [-0.05, 0) is 117 Å². The minimum absolute atomic E-state index is 0.145. The predicted octanol–water partition coefficient (Wildman–Crippen LogP) is 5.42. The largest absolute Gasteiger partial charge is 0.444 e. The van der Waals surface area contributed by atoms with E-state index in [9.17, 15) is 14.4 Å². The molecule has 0 aliphatic heterocycles. The second-order valence-electron chi connectivity index (χ2n) is 13.4. The molecular formula is C36H44N8O4. The SMILES string of the molecule is Cc1ccc(-c2ccc(CC(NC(=O)C3CCC(CNC(=O)OC(C)(C)C)CC3)C(=O)Nc3ccc(-c4nn[nH]n4)cc3)cc2)cc1N. The van der Waals surface area contributed by atoms with Gasteiger partial charge in [-0.15, -0.1) is 10.2 Å². The Morgan fingerprint density at radius 1 is 0.938 bits per heavy atom. The van der Waals surface area contributed by atoms with Crippen LogP contribution in [0.3, 0.4) is 0 Å². The molecule has 0 saturated heterocycles. The molecule has 1 aromatic heterocycles. The minimum atomic E-state index is -0.804. The number of aromatic amines is 1. The number of aryl methyl sites for hydroxylation is 1. The van der Waals surface area contributed by atoms with Crippen molar-refractivity contribution < 1.29 is 19.1 Å². The maximum absolute atomic E-state index is 13.7. The number of amides is 3. The maximum Gasteiger partial charge on any atom is 0.407 e. The number of nitrogens with zero attached hydrogens (tertiary/aromatic N) is 3. The van der Waals surface area contributed by atoms with Crippen molar-refractivity contribution in [2.75, 3.05) is 17.6 Å². The molecule has 48 heavy (non-hydrogen) atoms. The molecule has 3 aromatic carbocycles. The van der Waals surface area contributed by atoms with Crippen LogP contribution in [0, 0.1) is 18.8 Å². The molecule has 252 valence electrons. The third-order valence-corrected chi connectivity index (χ3v) is 8.55. The number of carbonyl (C=O) groups excluding carboxylic acids is 3. The molecular weight excluding hydrogens is 608 g/mol. The number of hydrogen-bond donors (Lipinski definition) is 5. The number of carbonyl (C=O) groups is 3. The van der Waals surface area contributed by atoms with Gasteiger partial charge in [0.25, 0.3) is 0 Å². The first-order valence-corrected chi connectivity index (χ1v) is 16.3. The summed E-state index contributed by atoms with van der Waals surface area (Å²) in [7, 11) is 0. The quantitative estimate of drug-likeness (QED) is 0.141. The van der Waals surface area contributed by atoms with Crippen molar-refractivity contribution in [2.45, 2.75) is 71.4 Å². The molecule has 0 spiro atoms. The average Bonchev–Trinajstić information content (AvgIpc) is 3.60. The third-order valence-electron chi connectivity index (χ3n) is 8.55. The minimum Gasteiger partial charge on any atom is -0.444 e. The van der Waals surface area contributed by atoms with E-state index in [-0.39, 0.29) is 23.7 Å². The Morgan fingerprint density at radius 2 is 1.60 bits per heavy atom. The van der Waals surface area contributed by atoms with Crippen LogP contribution in [-0.4, -0.2) is 56.7 Å². The van der Waals surface area contributed by atoms with Crippen LogP contribution in [0.2, 0.25) is 0 Å². The fourth-order valence-electron chi connectivity index (χ4n) is 5.77. The second kappa shape index (κ2) is 15.1. The van der Waals surface area contributed by atoms with E-state index in [0.29, 0.717) is 37.3 Å². The number of aromatic nitrogens is 4. The van der Waals surface area contributed by atoms with Gasteiger partial charge in [0.15, 0.2) is 0 Å². The predicted molar refractivity (Wildman–Crippen MR) is 185 cm³/mol. The number of nitrogen functional groups attached to an aromatic ring is 1. The summed E-state index contributed by atoms with van der Waals surface area (Å²) in [4.78, 5) is 39.3. The molecule has 1 unspecified atom stereocenters. The van der Waals surface area contributed by atoms with Crippen molar-refractivity contribution >= 4 is 29.3 Å². The van der Waals surface area contributed by atoms with Crippen molar-refractivity contribution in [3.63, 3.8) is 0 Å². The summed E-state index contributed by atoms with van der Waals surface area (Å²) in [5.41, 5.74) is 11.6. The Bertz CT molecular complexity index is 1690. The van der Waals surface area contributed by atoms with Crippen LogP contribution in [0.1, 0.15) is 57.6 Å². The van der Waals surface area contributed by atoms with Crippen molar-refractivity contribution in [3.8, 4) is 22.5 Å². The highest BCUT2D eigenvalue weighted by molar-refractivity contribution is 5.97. The summed E-state index contributed by atoms with van der Waals surface area (Å²) in [6, 6.07) is 20.2. The monoisotopic (exact) mass is 652 g/mol. The molecule has 1 heterocycles. The first kappa shape index (κ1) is 34.1. The second-order valence-corrected chi connectivity index (χ2v) is 13.4. The number of alkyl carbamates (subject to hydrolysis) is 1. The Morgan fingerprint density at radius 3 is 2.23 bits per heavy atom. The first-order chi connectivity index (χ1) is 22.9. The molecule has 1 saturated carbocycles. The number of anilines is 2. The van der Waals surface area contributed by atoms with Crippen LogP contribution in [0.25, 0.3) is 22.5 Å². The van der Waals surface area contributed by atoms with E-state index >= 15 is 0 Å². The van der Waals surface area contributed by atoms with Crippen LogP contribution in [0.5, 0.6) is 0 Å². The molecule has 6 N–H and O–H groups in total. The van der Waals surface area contributed by atoms with Gasteiger partial charge >= 0.3 is 6.09 Å². The summed E-state index contributed by atoms with van der Waals surface area (Å²) < 4.78 is 5.34. The van der Waals surface area contributed by atoms with Crippen LogP contribution in [-0.2, 0) is 20.7 Å². The van der Waals surface area contributed by atoms with Gasteiger partial charge in [-0.2, -0.15) is 5.21 Å². The highest BCUT2D eigenvalue weighted by Gasteiger charge is 2.30. The third kappa shape index (κ3) is 9.40. The highest BCUT2D eigenvalue weighted by Crippen LogP contribution is 2.29. The summed E-state index contributed by atoms with van der Waals surface area (Å²) in [6.07, 6.45) is 2.81. The number of hydrogen-bond acceptors (Lipinski definition) is 8. The van der Waals surface area contributed by atoms with Gasteiger partial charge in [0.1, 0.15) is 11.6 Å². The molecule has 0 bridgehead atoms. The molecule has 5 rings (SSSR count). The molecule has 12 nitrogen and oxygen atoms in total. The van der Waals surface area contributed by atoms with Gasteiger partial charge < -0.3 is 26.4 Å². The number of tetrazole rings is 1. The lowest BCUT2D eigenvalue weighted by Crippen LogP contribution is -2.48. The topological polar surface area (TPSA) is 177 Å². The molecule has 4 aromatic rings. The number of H-pyrrole nitrogens is 1. The summed E-state index contributed by atoms with van der Waals surface area (Å²) in [6.45, 7) is 7.96. The van der Waals surface area contributed by atoms with Crippen LogP contribution >= 0.6 is 0 Å². The fraction of sp³-hybridized carbons (Fsp3) is 0.389. The van der Waals surface area contributed by atoms with Gasteiger partial charge in [0.2, 0.25) is 17.6 Å². The van der Waals surface area contributed by atoms with Crippen molar-refractivity contribution in [2.24, 2.45) is 11.8 Å². The Labute approximate surface area is 280 Å². The molecule has 1 fully saturated rings. The standard InChI is InChI=1S/C36H44N8O4/c1-22-5-10-28(20-30(22)37)25-11-6-23(7-12-25)19-31(34(46)39-29-17-15-26(16-18-29)32-41-43-44-42-32)40-33(45)27-13-8-24(9-14-27)21-38-35(47)48-36(2,3)4/h5-7,10-12,15-18,20,24,27,31H,8-9,13-14,19,21,37H2,1-4H3,(H,38,47)(H,39,46)(H,40,45)(H,41,42,43,44). The van der Waals surface area contributed by atoms with Gasteiger partial charge in [-0.3, -0.25) is 9.59 Å². The Kier molecular flexibility index (Phi) is 10.7. The van der Waals surface area contributed by atoms with Crippen LogP contribution in [0.4, 0.5) is 16.2 Å². The molecule has 12 heteroatoms. The van der Waals surface area contributed by atoms with Crippen molar-refractivity contribution in [3.05, 3.63) is 77.9 Å².